The fourth-order valence-corrected chi connectivity index (χ4v) is 5.28. The third-order valence-electron chi connectivity index (χ3n) is 7.65. The SMILES string of the molecule is CC[C@H](NC(=O)OCC1c2ccccc2-c2ccccc21)C(=O)N1CCCC(C(C)(C)C(=O)O)C1. The third-order valence-corrected chi connectivity index (χ3v) is 7.65. The molecule has 186 valence electrons. The third kappa shape index (κ3) is 4.90. The summed E-state index contributed by atoms with van der Waals surface area (Å²) >= 11 is 0. The topological polar surface area (TPSA) is 95.9 Å². The predicted molar refractivity (Wildman–Crippen MR) is 133 cm³/mol. The summed E-state index contributed by atoms with van der Waals surface area (Å²) in [4.78, 5) is 39.3. The standard InChI is InChI=1S/C28H34N2O5/c1-4-24(25(31)30-15-9-10-18(16-30)28(2,3)26(32)33)29-27(34)35-17-23-21-13-7-5-11-19(21)20-12-6-8-14-22(20)23/h5-8,11-14,18,23-24H,4,9-10,15-17H2,1-3H3,(H,29,34)(H,32,33)/t18?,24-/m0/s1. The number of rotatable bonds is 7. The molecule has 1 unspecified atom stereocenters. The van der Waals surface area contributed by atoms with Crippen LogP contribution in [0.2, 0.25) is 0 Å². The second kappa shape index (κ2) is 10.1. The smallest absolute Gasteiger partial charge is 0.407 e. The molecule has 1 aliphatic carbocycles. The van der Waals surface area contributed by atoms with Crippen molar-refractivity contribution in [2.24, 2.45) is 11.3 Å². The summed E-state index contributed by atoms with van der Waals surface area (Å²) in [6.07, 6.45) is 1.31. The van der Waals surface area contributed by atoms with E-state index in [0.717, 1.165) is 35.1 Å². The van der Waals surface area contributed by atoms with Gasteiger partial charge in [-0.2, -0.15) is 0 Å². The molecule has 2 aromatic rings. The van der Waals surface area contributed by atoms with Crippen LogP contribution in [-0.2, 0) is 14.3 Å². The second-order valence-electron chi connectivity index (χ2n) is 10.1. The van der Waals surface area contributed by atoms with Crippen LogP contribution in [0.1, 0.15) is 57.1 Å². The van der Waals surface area contributed by atoms with Crippen LogP contribution in [0.4, 0.5) is 4.79 Å². The summed E-state index contributed by atoms with van der Waals surface area (Å²) in [5.41, 5.74) is 3.65. The molecule has 2 amide bonds. The van der Waals surface area contributed by atoms with Gasteiger partial charge in [0.1, 0.15) is 12.6 Å². The number of nitrogens with zero attached hydrogens (tertiary/aromatic N) is 1. The number of piperidine rings is 1. The molecule has 0 saturated carbocycles. The number of ether oxygens (including phenoxy) is 1. The molecule has 2 aliphatic rings. The van der Waals surface area contributed by atoms with E-state index in [2.05, 4.69) is 29.6 Å². The lowest BCUT2D eigenvalue weighted by Gasteiger charge is -2.40. The lowest BCUT2D eigenvalue weighted by atomic mass is 9.74. The lowest BCUT2D eigenvalue weighted by molar-refractivity contribution is -0.153. The molecule has 7 nitrogen and oxygen atoms in total. The normalized spacial score (nSPS) is 18.4. The van der Waals surface area contributed by atoms with Crippen molar-refractivity contribution in [3.63, 3.8) is 0 Å². The summed E-state index contributed by atoms with van der Waals surface area (Å²) in [5, 5.41) is 12.3. The van der Waals surface area contributed by atoms with Crippen molar-refractivity contribution >= 4 is 18.0 Å². The number of fused-ring (bicyclic) bond motifs is 3. The maximum atomic E-state index is 13.2. The number of benzene rings is 2. The molecule has 4 rings (SSSR count). The molecule has 1 saturated heterocycles. The maximum Gasteiger partial charge on any atom is 0.407 e. The van der Waals surface area contributed by atoms with Crippen molar-refractivity contribution in [1.29, 1.82) is 0 Å². The molecular weight excluding hydrogens is 444 g/mol. The minimum atomic E-state index is -0.916. The summed E-state index contributed by atoms with van der Waals surface area (Å²) < 4.78 is 5.62. The quantitative estimate of drug-likeness (QED) is 0.604. The van der Waals surface area contributed by atoms with Gasteiger partial charge in [-0.1, -0.05) is 55.5 Å². The first-order valence-electron chi connectivity index (χ1n) is 12.4. The Balaban J connectivity index is 1.38. The van der Waals surface area contributed by atoms with Crippen LogP contribution < -0.4 is 5.32 Å². The van der Waals surface area contributed by atoms with E-state index in [1.54, 1.807) is 18.7 Å². The number of hydrogen-bond donors (Lipinski definition) is 2. The second-order valence-corrected chi connectivity index (χ2v) is 10.1. The van der Waals surface area contributed by atoms with Gasteiger partial charge in [0.15, 0.2) is 0 Å². The van der Waals surface area contributed by atoms with E-state index in [1.807, 2.05) is 31.2 Å². The highest BCUT2D eigenvalue weighted by atomic mass is 16.5. The molecule has 2 N–H and O–H groups in total. The molecule has 0 radical (unpaired) electrons. The van der Waals surface area contributed by atoms with E-state index in [4.69, 9.17) is 4.74 Å². The van der Waals surface area contributed by atoms with Crippen LogP contribution in [0.15, 0.2) is 48.5 Å². The zero-order valence-corrected chi connectivity index (χ0v) is 20.6. The Morgan fingerprint density at radius 3 is 2.26 bits per heavy atom. The zero-order chi connectivity index (χ0) is 25.2. The largest absolute Gasteiger partial charge is 0.481 e. The van der Waals surface area contributed by atoms with Gasteiger partial charge in [0.25, 0.3) is 0 Å². The molecule has 7 heteroatoms. The van der Waals surface area contributed by atoms with Crippen molar-refractivity contribution in [3.05, 3.63) is 59.7 Å². The average molecular weight is 479 g/mol. The molecule has 1 aliphatic heterocycles. The van der Waals surface area contributed by atoms with Crippen LogP contribution in [0.25, 0.3) is 11.1 Å². The van der Waals surface area contributed by atoms with E-state index < -0.39 is 23.5 Å². The van der Waals surface area contributed by atoms with E-state index in [1.165, 1.54) is 0 Å². The molecule has 0 spiro atoms. The average Bonchev–Trinajstić information content (AvgIpc) is 3.19. The molecule has 35 heavy (non-hydrogen) atoms. The van der Waals surface area contributed by atoms with Gasteiger partial charge >= 0.3 is 12.1 Å². The van der Waals surface area contributed by atoms with Gasteiger partial charge in [-0.15, -0.1) is 0 Å². The van der Waals surface area contributed by atoms with Crippen LogP contribution >= 0.6 is 0 Å². The van der Waals surface area contributed by atoms with Gasteiger partial charge in [0.05, 0.1) is 5.41 Å². The number of alkyl carbamates (subject to hydrolysis) is 1. The molecular formula is C28H34N2O5. The highest BCUT2D eigenvalue weighted by Crippen LogP contribution is 2.44. The fraction of sp³-hybridized carbons (Fsp3) is 0.464. The first-order valence-corrected chi connectivity index (χ1v) is 12.4. The molecule has 2 aromatic carbocycles. The van der Waals surface area contributed by atoms with Crippen molar-refractivity contribution in [1.82, 2.24) is 10.2 Å². The summed E-state index contributed by atoms with van der Waals surface area (Å²) in [6, 6.07) is 15.6. The number of nitrogens with one attached hydrogen (secondary N) is 1. The number of hydrogen-bond acceptors (Lipinski definition) is 4. The van der Waals surface area contributed by atoms with Crippen molar-refractivity contribution < 1.29 is 24.2 Å². The van der Waals surface area contributed by atoms with Crippen molar-refractivity contribution in [3.8, 4) is 11.1 Å². The van der Waals surface area contributed by atoms with E-state index >= 15 is 0 Å². The Labute approximate surface area is 206 Å². The summed E-state index contributed by atoms with van der Waals surface area (Å²) in [7, 11) is 0. The van der Waals surface area contributed by atoms with Crippen molar-refractivity contribution in [2.45, 2.75) is 52.0 Å². The van der Waals surface area contributed by atoms with Gasteiger partial charge in [-0.3, -0.25) is 9.59 Å². The minimum Gasteiger partial charge on any atom is -0.481 e. The van der Waals surface area contributed by atoms with Gasteiger partial charge in [0.2, 0.25) is 5.91 Å². The molecule has 0 aromatic heterocycles. The first kappa shape index (κ1) is 24.8. The highest BCUT2D eigenvalue weighted by molar-refractivity contribution is 5.86. The van der Waals surface area contributed by atoms with Crippen LogP contribution in [0.5, 0.6) is 0 Å². The number of carbonyl (C=O) groups is 3. The van der Waals surface area contributed by atoms with Crippen LogP contribution in [-0.4, -0.2) is 53.7 Å². The van der Waals surface area contributed by atoms with Gasteiger partial charge in [-0.25, -0.2) is 4.79 Å². The number of carbonyl (C=O) groups excluding carboxylic acids is 2. The Kier molecular flexibility index (Phi) is 7.15. The van der Waals surface area contributed by atoms with Crippen LogP contribution in [0.3, 0.4) is 0 Å². The zero-order valence-electron chi connectivity index (χ0n) is 20.6. The van der Waals surface area contributed by atoms with Crippen LogP contribution in [0, 0.1) is 11.3 Å². The Morgan fingerprint density at radius 1 is 1.09 bits per heavy atom. The predicted octanol–water partition coefficient (Wildman–Crippen LogP) is 4.65. The minimum absolute atomic E-state index is 0.0509. The first-order chi connectivity index (χ1) is 16.7. The number of carboxylic acids is 1. The number of amides is 2. The lowest BCUT2D eigenvalue weighted by Crippen LogP contribution is -2.53. The maximum absolute atomic E-state index is 13.2. The number of aliphatic carboxylic acids is 1. The number of carboxylic acid groups (broad SMARTS) is 1. The van der Waals surface area contributed by atoms with Gasteiger partial charge in [0, 0.05) is 19.0 Å². The Morgan fingerprint density at radius 2 is 1.69 bits per heavy atom. The summed E-state index contributed by atoms with van der Waals surface area (Å²) in [5.74, 6) is -1.23. The van der Waals surface area contributed by atoms with Gasteiger partial charge in [-0.05, 0) is 61.3 Å². The molecule has 1 heterocycles. The summed E-state index contributed by atoms with van der Waals surface area (Å²) in [6.45, 7) is 6.38. The van der Waals surface area contributed by atoms with E-state index in [0.29, 0.717) is 19.5 Å². The Hall–Kier alpha value is -3.35. The number of likely N-dealkylation sites (tertiary alicyclic amines) is 1. The molecule has 1 fully saturated rings. The highest BCUT2D eigenvalue weighted by Gasteiger charge is 2.41. The molecule has 0 bridgehead atoms. The fourth-order valence-electron chi connectivity index (χ4n) is 5.28. The Bertz CT molecular complexity index is 1070. The monoisotopic (exact) mass is 478 g/mol. The molecule has 2 atom stereocenters. The van der Waals surface area contributed by atoms with E-state index in [9.17, 15) is 19.5 Å². The van der Waals surface area contributed by atoms with Crippen molar-refractivity contribution in [2.75, 3.05) is 19.7 Å². The van der Waals surface area contributed by atoms with Gasteiger partial charge < -0.3 is 20.1 Å². The van der Waals surface area contributed by atoms with E-state index in [-0.39, 0.29) is 24.3 Å².